The number of carbonyl (C=O) groups excluding carboxylic acids is 7. The van der Waals surface area contributed by atoms with Crippen LogP contribution in [0, 0.1) is 59.2 Å². The van der Waals surface area contributed by atoms with Crippen molar-refractivity contribution in [3.8, 4) is 0 Å². The van der Waals surface area contributed by atoms with Crippen molar-refractivity contribution >= 4 is 29.8 Å². The SMILES string of the molecule is CC.CC(=O)c1ccccc1.CCC1O[C@H](OC)C(N=[N+]=[N-])[C@@H](C)[C@@H]1C.CCC1O[C@H](OC)C(N=[N+]=[N-])[C@@H](C)[C@@H]1O.CCC1O[C@H](OC)C(N=[N+]=[N-])[C@@H](C)[C@@H]1O[C@H]1OC(C)[C@@H](O)[C@H](C)C1C.CCC1O[C@H](OC)C(N=[N+]=[N-])[C@@H](C)[C@@H]1O[C@H]1OC(C)[C@@H](OC(=O)CCC(C)=O)[C@H](C)C1C.CO[C@H]1OC(CO)[C@@H](O)[C@H](C)C1N=[N+]=[N-].O=C=O.O=C=O. The molecule has 8 rings (SSSR count). The van der Waals surface area contributed by atoms with Gasteiger partial charge in [-0.25, -0.2) is 0 Å². The first-order chi connectivity index (χ1) is 56.6. The number of aliphatic hydroxyl groups excluding tert-OH is 4. The molecule has 7 aliphatic rings. The minimum atomic E-state index is -0.864. The molecule has 1 aromatic carbocycles. The van der Waals surface area contributed by atoms with Crippen LogP contribution < -0.4 is 0 Å². The third-order valence-electron chi connectivity index (χ3n) is 22.5. The summed E-state index contributed by atoms with van der Waals surface area (Å²) >= 11 is 0. The molecule has 35 atom stereocenters. The molecule has 7 heterocycles. The summed E-state index contributed by atoms with van der Waals surface area (Å²) in [7, 11) is 7.58. The second-order valence-electron chi connectivity index (χ2n) is 29.6. The molecule has 676 valence electrons. The van der Waals surface area contributed by atoms with Gasteiger partial charge in [0.1, 0.15) is 18.0 Å². The number of esters is 1. The van der Waals surface area contributed by atoms with Crippen molar-refractivity contribution in [2.45, 2.75) is 331 Å². The van der Waals surface area contributed by atoms with Crippen LogP contribution in [0.1, 0.15) is 187 Å². The highest BCUT2D eigenvalue weighted by Gasteiger charge is 2.51. The lowest BCUT2D eigenvalue weighted by Crippen LogP contribution is -2.57. The Labute approximate surface area is 697 Å². The number of aliphatic hydroxyl groups is 4. The standard InChI is InChI=1S/C22H37N3O7.C17H31N3O5.C10H19N3O2.C9H17N3O3.C8H15N3O4.C8H8O.C2H6.2CO2/c1-8-16-20(14(5)18(24-25-23)22(28-7)30-16)32-21-13(4)12(3)19(15(6)29-21)31-17(27)10-9-11(2)26;1-7-12-15(10(4)13(19-20-18)17(22-6)24-12)25-16-9(3)8(2)14(21)11(5)23-16;1-5-8-6(2)7(3)9(12-13-11)10(14-4)15-8;1-4-6-8(13)5(2)7(11-12-10)9(14-3)15-6;1-4-6(10-11-9)8(14-2)15-5(3-12)7(4)13;1-7(9)8-5-3-2-4-6-8;1-2;2*2-1-3/h12-16,18-22H,8-10H2,1-7H3;8-17,21H,7H2,1-6H3;6-10H,5H2,1-4H3;5-9,13H,4H2,1-3H3;4-8,12-13H,3H2,1-2H3;2-6H,1H3;1-2H3;;/t12-,13?,14-,15?,16?,18?,19+,20+,21-,22+;8-,9?,10-,11?,12?,13?,14+,15+,16-,17+;6-,7-,8?,9?,10-;5-,6?,7?,8+,9+;4-,5?,6?,7+,8+;;;;/m11011..../s1. The summed E-state index contributed by atoms with van der Waals surface area (Å²) in [6.45, 7) is 38.2. The highest BCUT2D eigenvalue weighted by molar-refractivity contribution is 5.93. The van der Waals surface area contributed by atoms with E-state index in [1.807, 2.05) is 127 Å². The molecule has 7 fully saturated rings. The summed E-state index contributed by atoms with van der Waals surface area (Å²) in [5.74, 6) is -0.383. The van der Waals surface area contributed by atoms with Gasteiger partial charge < -0.3 is 96.3 Å². The van der Waals surface area contributed by atoms with Crippen molar-refractivity contribution in [1.82, 2.24) is 0 Å². The summed E-state index contributed by atoms with van der Waals surface area (Å²) in [5, 5.41) is 57.4. The molecule has 0 bridgehead atoms. The molecule has 0 saturated carbocycles. The monoisotopic (exact) mass is 1700 g/mol. The molecular weight excluding hydrogens is 1560 g/mol. The zero-order valence-corrected chi connectivity index (χ0v) is 73.5. The summed E-state index contributed by atoms with van der Waals surface area (Å²) in [6.07, 6.45) is -4.99. The van der Waals surface area contributed by atoms with E-state index in [9.17, 15) is 29.7 Å². The van der Waals surface area contributed by atoms with Crippen LogP contribution in [0.5, 0.6) is 0 Å². The number of nitrogens with zero attached hydrogens (tertiary/aromatic N) is 15. The number of hydrogen-bond acceptors (Lipinski definition) is 31. The van der Waals surface area contributed by atoms with Crippen molar-refractivity contribution in [2.75, 3.05) is 42.2 Å². The lowest BCUT2D eigenvalue weighted by molar-refractivity contribution is -0.317. The third-order valence-corrected chi connectivity index (χ3v) is 22.5. The van der Waals surface area contributed by atoms with E-state index in [1.54, 1.807) is 28.1 Å². The number of rotatable bonds is 24. The van der Waals surface area contributed by atoms with Crippen molar-refractivity contribution in [1.29, 1.82) is 0 Å². The van der Waals surface area contributed by atoms with Gasteiger partial charge in [0, 0.05) is 89.8 Å². The number of methoxy groups -OCH3 is 5. The largest absolute Gasteiger partial charge is 0.459 e. The van der Waals surface area contributed by atoms with E-state index in [1.165, 1.54) is 28.3 Å². The Morgan fingerprint density at radius 2 is 0.714 bits per heavy atom. The van der Waals surface area contributed by atoms with Gasteiger partial charge >= 0.3 is 18.3 Å². The Kier molecular flexibility index (Phi) is 56.4. The Morgan fingerprint density at radius 3 is 1.04 bits per heavy atom. The van der Waals surface area contributed by atoms with Gasteiger partial charge in [-0.3, -0.25) is 9.59 Å². The highest BCUT2D eigenvalue weighted by Crippen LogP contribution is 2.42. The fourth-order valence-corrected chi connectivity index (χ4v) is 14.6. The van der Waals surface area contributed by atoms with Gasteiger partial charge in [0.25, 0.3) is 0 Å². The van der Waals surface area contributed by atoms with Crippen LogP contribution in [0.4, 0.5) is 0 Å². The molecule has 0 aliphatic carbocycles. The van der Waals surface area contributed by atoms with Crippen LogP contribution in [0.2, 0.25) is 0 Å². The zero-order chi connectivity index (χ0) is 91.1. The molecule has 14 unspecified atom stereocenters. The van der Waals surface area contributed by atoms with Gasteiger partial charge in [0.2, 0.25) is 0 Å². The highest BCUT2D eigenvalue weighted by atomic mass is 16.7. The van der Waals surface area contributed by atoms with Gasteiger partial charge in [-0.2, -0.15) is 19.2 Å². The molecule has 0 aromatic heterocycles. The summed E-state index contributed by atoms with van der Waals surface area (Å²) in [6, 6.07) is 6.95. The van der Waals surface area contributed by atoms with Crippen molar-refractivity contribution in [3.05, 3.63) is 88.1 Å². The number of Topliss-reactive ketones (excluding diaryl/α,β-unsaturated/α-hetero) is 2. The second kappa shape index (κ2) is 60.2. The third kappa shape index (κ3) is 33.8. The maximum Gasteiger partial charge on any atom is 0.373 e. The summed E-state index contributed by atoms with van der Waals surface area (Å²) < 4.78 is 85.0. The van der Waals surface area contributed by atoms with E-state index in [0.717, 1.165) is 18.4 Å². The number of hydrogen-bond donors (Lipinski definition) is 4. The van der Waals surface area contributed by atoms with Crippen LogP contribution >= 0.6 is 0 Å². The fraction of sp³-hybridized carbons (Fsp3) is 0.859. The minimum absolute atomic E-state index is 0.0235. The topological polar surface area (TPSA) is 583 Å². The maximum absolute atomic E-state index is 12.2. The van der Waals surface area contributed by atoms with Crippen LogP contribution in [0.3, 0.4) is 0 Å². The number of azide groups is 5. The van der Waals surface area contributed by atoms with Crippen LogP contribution in [-0.2, 0) is 99.8 Å². The number of ketones is 2. The first-order valence-electron chi connectivity index (χ1n) is 40.2. The summed E-state index contributed by atoms with van der Waals surface area (Å²) in [5.41, 5.74) is 43.9. The molecule has 1 aromatic rings. The fourth-order valence-electron chi connectivity index (χ4n) is 14.6. The van der Waals surface area contributed by atoms with Crippen molar-refractivity contribution < 1.29 is 125 Å². The molecule has 0 radical (unpaired) electrons. The molecule has 0 amide bonds. The van der Waals surface area contributed by atoms with Gasteiger partial charge in [-0.1, -0.05) is 167 Å². The molecule has 41 nitrogen and oxygen atoms in total. The quantitative estimate of drug-likeness (QED) is 0.0245. The number of benzene rings is 1. The van der Waals surface area contributed by atoms with Gasteiger partial charge in [-0.05, 0) is 122 Å². The van der Waals surface area contributed by atoms with Crippen molar-refractivity contribution in [3.63, 3.8) is 0 Å². The van der Waals surface area contributed by atoms with E-state index < -0.39 is 105 Å². The first-order valence-corrected chi connectivity index (χ1v) is 40.2. The van der Waals surface area contributed by atoms with Crippen LogP contribution in [0.25, 0.3) is 52.2 Å². The van der Waals surface area contributed by atoms with E-state index in [2.05, 4.69) is 70.9 Å². The molecule has 7 saturated heterocycles. The normalized spacial score (nSPS) is 37.1. The van der Waals surface area contributed by atoms with E-state index in [0.29, 0.717) is 18.8 Å². The average Bonchev–Trinajstić information content (AvgIpc) is 0.791. The molecule has 7 aliphatic heterocycles. The zero-order valence-electron chi connectivity index (χ0n) is 73.5. The molecule has 41 heteroatoms. The lowest BCUT2D eigenvalue weighted by atomic mass is 9.81. The number of carbonyl (C=O) groups is 3. The molecule has 119 heavy (non-hydrogen) atoms. The minimum Gasteiger partial charge on any atom is -0.459 e. The van der Waals surface area contributed by atoms with E-state index in [-0.39, 0.29) is 151 Å². The smallest absolute Gasteiger partial charge is 0.373 e. The average molecular weight is 1700 g/mol. The maximum atomic E-state index is 12.2. The number of ether oxygens (including phenoxy) is 15. The van der Waals surface area contributed by atoms with Gasteiger partial charge in [0.05, 0.1) is 110 Å². The van der Waals surface area contributed by atoms with Crippen LogP contribution in [0.15, 0.2) is 55.9 Å². The lowest BCUT2D eigenvalue weighted by Gasteiger charge is -2.48. The Morgan fingerprint density at radius 1 is 0.395 bits per heavy atom. The first kappa shape index (κ1) is 112. The Balaban J connectivity index is 0.00000143. The Hall–Kier alpha value is -7.38. The van der Waals surface area contributed by atoms with Gasteiger partial charge in [0.15, 0.2) is 49.8 Å². The predicted molar refractivity (Wildman–Crippen MR) is 427 cm³/mol. The summed E-state index contributed by atoms with van der Waals surface area (Å²) in [4.78, 5) is 80.6. The molecular formula is C78H133N15O26. The van der Waals surface area contributed by atoms with E-state index in [4.69, 9.17) is 123 Å². The van der Waals surface area contributed by atoms with E-state index >= 15 is 0 Å². The molecule has 4 N–H and O–H groups in total. The Bertz CT molecular complexity index is 3240. The molecule has 0 spiro atoms. The van der Waals surface area contributed by atoms with Gasteiger partial charge in [-0.15, -0.1) is 0 Å². The predicted octanol–water partition coefficient (Wildman–Crippen LogP) is 12.5. The second-order valence-corrected chi connectivity index (χ2v) is 29.6. The van der Waals surface area contributed by atoms with Crippen LogP contribution in [-0.4, -0.2) is 246 Å². The van der Waals surface area contributed by atoms with Crippen molar-refractivity contribution in [2.24, 2.45) is 84.8 Å².